The molecular formula is C17H18N2O4. The van der Waals surface area contributed by atoms with Crippen molar-refractivity contribution in [3.63, 3.8) is 0 Å². The molecule has 0 saturated carbocycles. The third-order valence-electron chi connectivity index (χ3n) is 3.37. The summed E-state index contributed by atoms with van der Waals surface area (Å²) >= 11 is 0. The monoisotopic (exact) mass is 314 g/mol. The molecule has 2 aromatic rings. The first kappa shape index (κ1) is 16.5. The van der Waals surface area contributed by atoms with Crippen LogP contribution in [0.1, 0.15) is 37.5 Å². The average Bonchev–Trinajstić information content (AvgIpc) is 2.45. The number of aromatic amines is 1. The number of aromatic nitrogens is 1. The van der Waals surface area contributed by atoms with Crippen LogP contribution in [-0.4, -0.2) is 24.0 Å². The summed E-state index contributed by atoms with van der Waals surface area (Å²) in [7, 11) is 1.24. The quantitative estimate of drug-likeness (QED) is 0.851. The summed E-state index contributed by atoms with van der Waals surface area (Å²) < 4.78 is 4.65. The number of amides is 1. The minimum atomic E-state index is -0.612. The fourth-order valence-electron chi connectivity index (χ4n) is 2.36. The Morgan fingerprint density at radius 2 is 1.61 bits per heavy atom. The largest absolute Gasteiger partial charge is 0.465 e. The average molecular weight is 314 g/mol. The molecule has 1 aromatic carbocycles. The van der Waals surface area contributed by atoms with Gasteiger partial charge in [-0.2, -0.15) is 0 Å². The number of methoxy groups -OCH3 is 1. The van der Waals surface area contributed by atoms with Crippen LogP contribution < -0.4 is 10.9 Å². The molecule has 0 fully saturated rings. The number of carbonyl (C=O) groups is 2. The molecule has 0 saturated heterocycles. The fourth-order valence-corrected chi connectivity index (χ4v) is 2.36. The van der Waals surface area contributed by atoms with Crippen molar-refractivity contribution in [2.24, 2.45) is 0 Å². The van der Waals surface area contributed by atoms with Crippen LogP contribution in [0.25, 0.3) is 0 Å². The Morgan fingerprint density at radius 3 is 2.17 bits per heavy atom. The lowest BCUT2D eigenvalue weighted by atomic mass is 10.1. The van der Waals surface area contributed by atoms with Gasteiger partial charge < -0.3 is 15.0 Å². The molecule has 6 heteroatoms. The van der Waals surface area contributed by atoms with Gasteiger partial charge in [0.15, 0.2) is 0 Å². The van der Waals surface area contributed by atoms with Crippen LogP contribution in [0, 0.1) is 20.8 Å². The van der Waals surface area contributed by atoms with E-state index in [0.29, 0.717) is 11.4 Å². The molecule has 2 N–H and O–H groups in total. The van der Waals surface area contributed by atoms with Crippen LogP contribution in [0.15, 0.2) is 29.1 Å². The molecule has 0 aliphatic rings. The number of benzene rings is 1. The standard InChI is InChI=1S/C17H18N2O4/c1-9-5-10(2)7-12(6-9)19-16(21)14-8-13(17(22)23-4)11(3)18-15(14)20/h5-8H,1-4H3,(H,18,20)(H,19,21). The summed E-state index contributed by atoms with van der Waals surface area (Å²) in [5, 5.41) is 2.67. The van der Waals surface area contributed by atoms with Gasteiger partial charge in [-0.15, -0.1) is 0 Å². The Bertz CT molecular complexity index is 817. The van der Waals surface area contributed by atoms with Gasteiger partial charge in [-0.25, -0.2) is 4.79 Å². The highest BCUT2D eigenvalue weighted by molar-refractivity contribution is 6.05. The van der Waals surface area contributed by atoms with E-state index in [0.717, 1.165) is 11.1 Å². The Balaban J connectivity index is 2.39. The van der Waals surface area contributed by atoms with E-state index in [9.17, 15) is 14.4 Å². The van der Waals surface area contributed by atoms with Crippen molar-refractivity contribution in [2.75, 3.05) is 12.4 Å². The van der Waals surface area contributed by atoms with Crippen LogP contribution in [0.5, 0.6) is 0 Å². The van der Waals surface area contributed by atoms with E-state index in [2.05, 4.69) is 15.0 Å². The third kappa shape index (κ3) is 3.66. The summed E-state index contributed by atoms with van der Waals surface area (Å²) in [5.74, 6) is -1.19. The zero-order valence-corrected chi connectivity index (χ0v) is 13.4. The summed E-state index contributed by atoms with van der Waals surface area (Å²) in [6, 6.07) is 6.82. The second-order valence-corrected chi connectivity index (χ2v) is 5.37. The van der Waals surface area contributed by atoms with Gasteiger partial charge >= 0.3 is 5.97 Å². The number of aryl methyl sites for hydroxylation is 3. The van der Waals surface area contributed by atoms with Gasteiger partial charge in [0, 0.05) is 11.4 Å². The molecule has 2 rings (SSSR count). The van der Waals surface area contributed by atoms with E-state index in [1.807, 2.05) is 19.9 Å². The smallest absolute Gasteiger partial charge is 0.339 e. The molecule has 0 radical (unpaired) electrons. The minimum Gasteiger partial charge on any atom is -0.465 e. The van der Waals surface area contributed by atoms with Crippen molar-refractivity contribution in [1.82, 2.24) is 4.98 Å². The summed E-state index contributed by atoms with van der Waals surface area (Å²) in [6.45, 7) is 5.40. The van der Waals surface area contributed by atoms with Gasteiger partial charge in [0.25, 0.3) is 11.5 Å². The highest BCUT2D eigenvalue weighted by atomic mass is 16.5. The lowest BCUT2D eigenvalue weighted by Crippen LogP contribution is -2.25. The van der Waals surface area contributed by atoms with Gasteiger partial charge in [-0.05, 0) is 50.1 Å². The number of ether oxygens (including phenoxy) is 1. The van der Waals surface area contributed by atoms with Crippen LogP contribution in [-0.2, 0) is 4.74 Å². The van der Waals surface area contributed by atoms with Crippen LogP contribution in [0.4, 0.5) is 5.69 Å². The van der Waals surface area contributed by atoms with Crippen molar-refractivity contribution in [1.29, 1.82) is 0 Å². The lowest BCUT2D eigenvalue weighted by molar-refractivity contribution is 0.0599. The Hall–Kier alpha value is -2.89. The maximum absolute atomic E-state index is 12.3. The zero-order valence-electron chi connectivity index (χ0n) is 13.4. The second-order valence-electron chi connectivity index (χ2n) is 5.37. The van der Waals surface area contributed by atoms with Crippen molar-refractivity contribution < 1.29 is 14.3 Å². The number of anilines is 1. The molecule has 0 unspecified atom stereocenters. The van der Waals surface area contributed by atoms with E-state index in [-0.39, 0.29) is 11.1 Å². The Kier molecular flexibility index (Phi) is 4.64. The molecule has 6 nitrogen and oxygen atoms in total. The summed E-state index contributed by atoms with van der Waals surface area (Å²) in [6.07, 6.45) is 0. The number of nitrogens with one attached hydrogen (secondary N) is 2. The maximum Gasteiger partial charge on any atom is 0.339 e. The molecule has 23 heavy (non-hydrogen) atoms. The number of carbonyl (C=O) groups excluding carboxylic acids is 2. The van der Waals surface area contributed by atoms with Crippen LogP contribution in [0.3, 0.4) is 0 Å². The van der Waals surface area contributed by atoms with E-state index in [1.54, 1.807) is 19.1 Å². The Morgan fingerprint density at radius 1 is 1.00 bits per heavy atom. The van der Waals surface area contributed by atoms with Gasteiger partial charge in [0.2, 0.25) is 0 Å². The van der Waals surface area contributed by atoms with Gasteiger partial charge in [-0.1, -0.05) is 6.07 Å². The third-order valence-corrected chi connectivity index (χ3v) is 3.37. The van der Waals surface area contributed by atoms with Crippen molar-refractivity contribution in [3.05, 3.63) is 62.6 Å². The topological polar surface area (TPSA) is 88.3 Å². The predicted molar refractivity (Wildman–Crippen MR) is 87.0 cm³/mol. The predicted octanol–water partition coefficient (Wildman–Crippen LogP) is 2.34. The van der Waals surface area contributed by atoms with Crippen LogP contribution in [0.2, 0.25) is 0 Å². The molecule has 0 aliphatic heterocycles. The normalized spacial score (nSPS) is 10.3. The van der Waals surface area contributed by atoms with E-state index in [1.165, 1.54) is 13.2 Å². The first-order valence-corrected chi connectivity index (χ1v) is 7.03. The second kappa shape index (κ2) is 6.48. The number of hydrogen-bond donors (Lipinski definition) is 2. The van der Waals surface area contributed by atoms with Crippen LogP contribution >= 0.6 is 0 Å². The molecule has 1 heterocycles. The number of pyridine rings is 1. The molecule has 0 aliphatic carbocycles. The molecule has 1 aromatic heterocycles. The first-order valence-electron chi connectivity index (χ1n) is 7.03. The Labute approximate surface area is 133 Å². The van der Waals surface area contributed by atoms with Gasteiger partial charge in [0.05, 0.1) is 12.7 Å². The summed E-state index contributed by atoms with van der Waals surface area (Å²) in [5.41, 5.74) is 2.38. The minimum absolute atomic E-state index is 0.143. The molecule has 120 valence electrons. The first-order chi connectivity index (χ1) is 10.8. The van der Waals surface area contributed by atoms with E-state index in [4.69, 9.17) is 0 Å². The molecule has 0 atom stereocenters. The lowest BCUT2D eigenvalue weighted by Gasteiger charge is -2.09. The molecule has 0 bridgehead atoms. The number of H-pyrrole nitrogens is 1. The SMILES string of the molecule is COC(=O)c1cc(C(=O)Nc2cc(C)cc(C)c2)c(=O)[nH]c1C. The number of esters is 1. The highest BCUT2D eigenvalue weighted by Gasteiger charge is 2.18. The summed E-state index contributed by atoms with van der Waals surface area (Å²) in [4.78, 5) is 38.5. The molecular weight excluding hydrogens is 296 g/mol. The van der Waals surface area contributed by atoms with Crippen molar-refractivity contribution >= 4 is 17.6 Å². The van der Waals surface area contributed by atoms with Gasteiger partial charge in [-0.3, -0.25) is 9.59 Å². The number of rotatable bonds is 3. The highest BCUT2D eigenvalue weighted by Crippen LogP contribution is 2.15. The maximum atomic E-state index is 12.3. The fraction of sp³-hybridized carbons (Fsp3) is 0.235. The number of hydrogen-bond acceptors (Lipinski definition) is 4. The molecule has 1 amide bonds. The van der Waals surface area contributed by atoms with Crippen molar-refractivity contribution in [2.45, 2.75) is 20.8 Å². The van der Waals surface area contributed by atoms with E-state index >= 15 is 0 Å². The van der Waals surface area contributed by atoms with Gasteiger partial charge in [0.1, 0.15) is 5.56 Å². The van der Waals surface area contributed by atoms with E-state index < -0.39 is 17.4 Å². The zero-order chi connectivity index (χ0) is 17.1. The molecule has 0 spiro atoms. The van der Waals surface area contributed by atoms with Crippen molar-refractivity contribution in [3.8, 4) is 0 Å².